The van der Waals surface area contributed by atoms with Gasteiger partial charge in [0.05, 0.1) is 13.2 Å². The normalized spacial score (nSPS) is 10.3. The van der Waals surface area contributed by atoms with Gasteiger partial charge in [0.1, 0.15) is 6.33 Å². The van der Waals surface area contributed by atoms with E-state index in [-0.39, 0.29) is 0 Å². The molecule has 18 heavy (non-hydrogen) atoms. The average Bonchev–Trinajstić information content (AvgIpc) is 2.85. The highest BCUT2D eigenvalue weighted by molar-refractivity contribution is 5.49. The number of hydrogen-bond acceptors (Lipinski definition) is 5. The highest BCUT2D eigenvalue weighted by atomic mass is 16.5. The maximum Gasteiger partial charge on any atom is 0.169 e. The van der Waals surface area contributed by atoms with E-state index in [9.17, 15) is 0 Å². The van der Waals surface area contributed by atoms with Crippen molar-refractivity contribution in [2.75, 3.05) is 11.9 Å². The van der Waals surface area contributed by atoms with Crippen LogP contribution < -0.4 is 10.1 Å². The molecule has 2 aromatic heterocycles. The van der Waals surface area contributed by atoms with Crippen molar-refractivity contribution in [3.8, 4) is 5.75 Å². The molecule has 0 radical (unpaired) electrons. The van der Waals surface area contributed by atoms with Gasteiger partial charge in [0.25, 0.3) is 0 Å². The lowest BCUT2D eigenvalue weighted by Gasteiger charge is -2.10. The Kier molecular flexibility index (Phi) is 4.11. The molecule has 0 aliphatic carbocycles. The summed E-state index contributed by atoms with van der Waals surface area (Å²) in [6, 6.07) is 3.74. The molecule has 6 heteroatoms. The number of hydrogen-bond donors (Lipinski definition) is 1. The zero-order valence-electron chi connectivity index (χ0n) is 10.6. The predicted octanol–water partition coefficient (Wildman–Crippen LogP) is 1.70. The second-order valence-corrected chi connectivity index (χ2v) is 3.67. The molecule has 96 valence electrons. The highest BCUT2D eigenvalue weighted by Crippen LogP contribution is 2.21. The Morgan fingerprint density at radius 3 is 3.06 bits per heavy atom. The van der Waals surface area contributed by atoms with Gasteiger partial charge in [-0.1, -0.05) is 0 Å². The van der Waals surface area contributed by atoms with Crippen LogP contribution in [0.4, 0.5) is 5.82 Å². The van der Waals surface area contributed by atoms with Crippen molar-refractivity contribution >= 4 is 5.82 Å². The molecule has 0 fully saturated rings. The van der Waals surface area contributed by atoms with Gasteiger partial charge >= 0.3 is 0 Å². The molecule has 2 rings (SSSR count). The van der Waals surface area contributed by atoms with Crippen molar-refractivity contribution in [1.29, 1.82) is 0 Å². The van der Waals surface area contributed by atoms with E-state index in [1.807, 2.05) is 23.6 Å². The van der Waals surface area contributed by atoms with Crippen molar-refractivity contribution in [3.05, 3.63) is 30.5 Å². The molecule has 0 saturated heterocycles. The van der Waals surface area contributed by atoms with Crippen LogP contribution in [0.25, 0.3) is 0 Å². The first-order valence-electron chi connectivity index (χ1n) is 6.03. The first-order valence-corrected chi connectivity index (χ1v) is 6.03. The Labute approximate surface area is 106 Å². The van der Waals surface area contributed by atoms with Crippen molar-refractivity contribution in [1.82, 2.24) is 19.7 Å². The summed E-state index contributed by atoms with van der Waals surface area (Å²) < 4.78 is 7.48. The quantitative estimate of drug-likeness (QED) is 0.841. The summed E-state index contributed by atoms with van der Waals surface area (Å²) in [5.41, 5.74) is 0. The number of aromatic nitrogens is 4. The minimum atomic E-state index is 0.574. The van der Waals surface area contributed by atoms with Crippen LogP contribution in [-0.2, 0) is 13.1 Å². The lowest BCUT2D eigenvalue weighted by atomic mass is 10.4. The van der Waals surface area contributed by atoms with Gasteiger partial charge in [-0.3, -0.25) is 0 Å². The van der Waals surface area contributed by atoms with Gasteiger partial charge in [0.2, 0.25) is 0 Å². The molecule has 0 spiro atoms. The molecule has 0 aliphatic heterocycles. The summed E-state index contributed by atoms with van der Waals surface area (Å²) in [4.78, 5) is 4.26. The van der Waals surface area contributed by atoms with Crippen molar-refractivity contribution in [3.63, 3.8) is 0 Å². The molecule has 0 aliphatic rings. The van der Waals surface area contributed by atoms with E-state index in [1.165, 1.54) is 0 Å². The lowest BCUT2D eigenvalue weighted by Crippen LogP contribution is -2.09. The minimum absolute atomic E-state index is 0.574. The number of rotatable bonds is 6. The van der Waals surface area contributed by atoms with Gasteiger partial charge in [0.15, 0.2) is 17.4 Å². The third-order valence-corrected chi connectivity index (χ3v) is 2.52. The Morgan fingerprint density at radius 1 is 1.39 bits per heavy atom. The molecule has 0 saturated carbocycles. The van der Waals surface area contributed by atoms with Crippen LogP contribution in [0, 0.1) is 0 Å². The summed E-state index contributed by atoms with van der Waals surface area (Å²) >= 11 is 0. The molecule has 2 aromatic rings. The first-order chi connectivity index (χ1) is 8.85. The first kappa shape index (κ1) is 12.3. The van der Waals surface area contributed by atoms with E-state index in [2.05, 4.69) is 27.4 Å². The fraction of sp³-hybridized carbons (Fsp3) is 0.417. The third kappa shape index (κ3) is 2.77. The summed E-state index contributed by atoms with van der Waals surface area (Å²) in [6.45, 7) is 6.05. The molecule has 0 amide bonds. The molecule has 0 bridgehead atoms. The predicted molar refractivity (Wildman–Crippen MR) is 68.4 cm³/mol. The number of nitrogens with one attached hydrogen (secondary N) is 1. The molecule has 0 aromatic carbocycles. The second kappa shape index (κ2) is 6.00. The molecular weight excluding hydrogens is 230 g/mol. The average molecular weight is 247 g/mol. The maximum atomic E-state index is 5.50. The Morgan fingerprint density at radius 2 is 2.28 bits per heavy atom. The number of anilines is 1. The Hall–Kier alpha value is -2.11. The van der Waals surface area contributed by atoms with Crippen LogP contribution in [0.5, 0.6) is 5.75 Å². The van der Waals surface area contributed by atoms with Gasteiger partial charge in [0, 0.05) is 12.7 Å². The fourth-order valence-electron chi connectivity index (χ4n) is 1.64. The van der Waals surface area contributed by atoms with E-state index >= 15 is 0 Å². The summed E-state index contributed by atoms with van der Waals surface area (Å²) in [7, 11) is 0. The van der Waals surface area contributed by atoms with Gasteiger partial charge in [-0.2, -0.15) is 0 Å². The molecule has 2 heterocycles. The summed E-state index contributed by atoms with van der Waals surface area (Å²) in [5.74, 6) is 2.36. The highest BCUT2D eigenvalue weighted by Gasteiger charge is 2.06. The van der Waals surface area contributed by atoms with Gasteiger partial charge in [-0.05, 0) is 26.0 Å². The SMILES string of the molecule is CCOc1cccnc1NCc1nncn1CC. The van der Waals surface area contributed by atoms with E-state index in [4.69, 9.17) is 4.74 Å². The largest absolute Gasteiger partial charge is 0.490 e. The van der Waals surface area contributed by atoms with Crippen LogP contribution in [0.1, 0.15) is 19.7 Å². The molecular formula is C12H17N5O. The van der Waals surface area contributed by atoms with Crippen LogP contribution in [0.2, 0.25) is 0 Å². The Balaban J connectivity index is 2.06. The van der Waals surface area contributed by atoms with Crippen molar-refractivity contribution in [2.45, 2.75) is 26.9 Å². The summed E-state index contributed by atoms with van der Waals surface area (Å²) in [5, 5.41) is 11.2. The van der Waals surface area contributed by atoms with Gasteiger partial charge < -0.3 is 14.6 Å². The van der Waals surface area contributed by atoms with Crippen LogP contribution in [0.15, 0.2) is 24.7 Å². The van der Waals surface area contributed by atoms with E-state index in [0.29, 0.717) is 13.2 Å². The van der Waals surface area contributed by atoms with Crippen LogP contribution in [-0.4, -0.2) is 26.4 Å². The van der Waals surface area contributed by atoms with Crippen molar-refractivity contribution < 1.29 is 4.74 Å². The number of pyridine rings is 1. The van der Waals surface area contributed by atoms with E-state index < -0.39 is 0 Å². The molecule has 0 unspecified atom stereocenters. The fourth-order valence-corrected chi connectivity index (χ4v) is 1.64. The zero-order chi connectivity index (χ0) is 12.8. The van der Waals surface area contributed by atoms with Crippen LogP contribution >= 0.6 is 0 Å². The number of nitrogens with zero attached hydrogens (tertiary/aromatic N) is 4. The second-order valence-electron chi connectivity index (χ2n) is 3.67. The van der Waals surface area contributed by atoms with E-state index in [0.717, 1.165) is 23.9 Å². The topological polar surface area (TPSA) is 64.9 Å². The zero-order valence-corrected chi connectivity index (χ0v) is 10.6. The summed E-state index contributed by atoms with van der Waals surface area (Å²) in [6.07, 6.45) is 3.45. The Bertz CT molecular complexity index is 497. The molecule has 1 N–H and O–H groups in total. The molecule has 6 nitrogen and oxygen atoms in total. The third-order valence-electron chi connectivity index (χ3n) is 2.52. The standard InChI is InChI=1S/C12H17N5O/c1-3-17-9-15-16-11(17)8-14-12-10(18-4-2)6-5-7-13-12/h5-7,9H,3-4,8H2,1-2H3,(H,13,14). The van der Waals surface area contributed by atoms with Crippen LogP contribution in [0.3, 0.4) is 0 Å². The lowest BCUT2D eigenvalue weighted by molar-refractivity contribution is 0.340. The van der Waals surface area contributed by atoms with E-state index in [1.54, 1.807) is 12.5 Å². The monoisotopic (exact) mass is 247 g/mol. The van der Waals surface area contributed by atoms with Crippen molar-refractivity contribution in [2.24, 2.45) is 0 Å². The number of aryl methyl sites for hydroxylation is 1. The van der Waals surface area contributed by atoms with Gasteiger partial charge in [-0.15, -0.1) is 10.2 Å². The molecule has 0 atom stereocenters. The maximum absolute atomic E-state index is 5.50. The smallest absolute Gasteiger partial charge is 0.169 e. The number of ether oxygens (including phenoxy) is 1. The minimum Gasteiger partial charge on any atom is -0.490 e. The van der Waals surface area contributed by atoms with Gasteiger partial charge in [-0.25, -0.2) is 4.98 Å².